The van der Waals surface area contributed by atoms with Gasteiger partial charge in [-0.25, -0.2) is 9.97 Å². The molecule has 0 aliphatic rings. The third-order valence-corrected chi connectivity index (χ3v) is 3.10. The first-order valence-corrected chi connectivity index (χ1v) is 6.90. The fourth-order valence-electron chi connectivity index (χ4n) is 1.76. The molecule has 1 heterocycles. The van der Waals surface area contributed by atoms with Crippen molar-refractivity contribution in [2.24, 2.45) is 10.3 Å². The first kappa shape index (κ1) is 15.6. The molecule has 2 rings (SSSR count). The van der Waals surface area contributed by atoms with E-state index >= 15 is 0 Å². The van der Waals surface area contributed by atoms with Crippen LogP contribution < -0.4 is 10.2 Å². The van der Waals surface area contributed by atoms with Gasteiger partial charge in [0, 0.05) is 17.3 Å². The van der Waals surface area contributed by atoms with Gasteiger partial charge in [0.25, 0.3) is 0 Å². The first-order valence-electron chi connectivity index (χ1n) is 6.90. The second kappa shape index (κ2) is 7.31. The van der Waals surface area contributed by atoms with E-state index in [1.807, 2.05) is 45.0 Å². The molecule has 22 heavy (non-hydrogen) atoms. The Kier molecular flexibility index (Phi) is 5.19. The van der Waals surface area contributed by atoms with Crippen LogP contribution in [-0.4, -0.2) is 17.1 Å². The maximum atomic E-state index is 5.15. The molecule has 0 amide bonds. The van der Waals surface area contributed by atoms with E-state index in [4.69, 9.17) is 4.74 Å². The number of aryl methyl sites for hydroxylation is 1. The van der Waals surface area contributed by atoms with Crippen LogP contribution in [0.1, 0.15) is 19.4 Å². The lowest BCUT2D eigenvalue weighted by atomic mass is 10.1. The molecule has 1 N–H and O–H groups in total. The van der Waals surface area contributed by atoms with Crippen LogP contribution in [0.2, 0.25) is 0 Å². The van der Waals surface area contributed by atoms with E-state index in [1.165, 1.54) is 6.33 Å². The number of nitrogens with one attached hydrogen (secondary N) is 1. The number of aromatic nitrogens is 2. The van der Waals surface area contributed by atoms with Gasteiger partial charge >= 0.3 is 0 Å². The molecular formula is C16H19N5O. The Morgan fingerprint density at radius 3 is 2.82 bits per heavy atom. The van der Waals surface area contributed by atoms with Crippen molar-refractivity contribution >= 4 is 5.69 Å². The molecule has 2 aromatic rings. The number of benzene rings is 1. The van der Waals surface area contributed by atoms with E-state index < -0.39 is 0 Å². The summed E-state index contributed by atoms with van der Waals surface area (Å²) in [6.07, 6.45) is 3.39. The Hall–Kier alpha value is -2.76. The van der Waals surface area contributed by atoms with Crippen LogP contribution in [0.3, 0.4) is 0 Å². The largest absolute Gasteiger partial charge is 0.481 e. The lowest BCUT2D eigenvalue weighted by Gasteiger charge is -2.07. The van der Waals surface area contributed by atoms with Crippen molar-refractivity contribution in [3.63, 3.8) is 0 Å². The van der Waals surface area contributed by atoms with Gasteiger partial charge in [0.2, 0.25) is 5.88 Å². The van der Waals surface area contributed by atoms with Crippen LogP contribution in [0.15, 0.2) is 52.7 Å². The Bertz CT molecular complexity index is 709. The van der Waals surface area contributed by atoms with Gasteiger partial charge < -0.3 is 4.74 Å². The third-order valence-electron chi connectivity index (χ3n) is 3.10. The fraction of sp³-hybridized carbons (Fsp3) is 0.250. The van der Waals surface area contributed by atoms with E-state index in [0.29, 0.717) is 5.88 Å². The van der Waals surface area contributed by atoms with Crippen molar-refractivity contribution in [3.05, 3.63) is 47.9 Å². The molecule has 114 valence electrons. The van der Waals surface area contributed by atoms with Gasteiger partial charge in [-0.1, -0.05) is 22.9 Å². The topological polar surface area (TPSA) is 71.8 Å². The van der Waals surface area contributed by atoms with E-state index in [1.54, 1.807) is 13.2 Å². The molecule has 1 aromatic heterocycles. The van der Waals surface area contributed by atoms with Crippen LogP contribution in [0.25, 0.3) is 11.3 Å². The first-order chi connectivity index (χ1) is 10.6. The molecule has 0 unspecified atom stereocenters. The van der Waals surface area contributed by atoms with Crippen LogP contribution in [0.5, 0.6) is 5.88 Å². The molecule has 0 atom stereocenters. The number of allylic oxidation sites excluding steroid dienone is 2. The Morgan fingerprint density at radius 2 is 2.09 bits per heavy atom. The summed E-state index contributed by atoms with van der Waals surface area (Å²) in [6.45, 7) is 5.87. The highest BCUT2D eigenvalue weighted by Gasteiger charge is 2.08. The molecule has 0 fully saturated rings. The monoisotopic (exact) mass is 297 g/mol. The van der Waals surface area contributed by atoms with Gasteiger partial charge in [0.05, 0.1) is 18.5 Å². The van der Waals surface area contributed by atoms with E-state index in [-0.39, 0.29) is 0 Å². The summed E-state index contributed by atoms with van der Waals surface area (Å²) in [5, 5.41) is 8.24. The highest BCUT2D eigenvalue weighted by molar-refractivity contribution is 5.74. The Balaban J connectivity index is 2.39. The lowest BCUT2D eigenvalue weighted by Crippen LogP contribution is -1.99. The van der Waals surface area contributed by atoms with E-state index in [0.717, 1.165) is 28.2 Å². The quantitative estimate of drug-likeness (QED) is 0.669. The predicted molar refractivity (Wildman–Crippen MR) is 85.8 cm³/mol. The second-order valence-electron chi connectivity index (χ2n) is 4.75. The van der Waals surface area contributed by atoms with Gasteiger partial charge in [-0.15, -0.1) is 5.11 Å². The minimum absolute atomic E-state index is 0.511. The summed E-state index contributed by atoms with van der Waals surface area (Å²) >= 11 is 0. The molecule has 6 heteroatoms. The van der Waals surface area contributed by atoms with Gasteiger partial charge in [-0.2, -0.15) is 0 Å². The van der Waals surface area contributed by atoms with Gasteiger partial charge in [-0.3, -0.25) is 5.43 Å². The molecule has 0 aliphatic heterocycles. The second-order valence-corrected chi connectivity index (χ2v) is 4.75. The Morgan fingerprint density at radius 1 is 1.27 bits per heavy atom. The SMILES string of the molecule is C/C=C(/C)NN=Nc1ccc(C)cc1-c1cc(OC)ncn1. The van der Waals surface area contributed by atoms with Crippen LogP contribution in [0.4, 0.5) is 5.69 Å². The molecule has 0 saturated carbocycles. The van der Waals surface area contributed by atoms with Crippen LogP contribution >= 0.6 is 0 Å². The van der Waals surface area contributed by atoms with Crippen molar-refractivity contribution in [2.75, 3.05) is 7.11 Å². The summed E-state index contributed by atoms with van der Waals surface area (Å²) in [6, 6.07) is 7.69. The third kappa shape index (κ3) is 3.88. The van der Waals surface area contributed by atoms with Gasteiger partial charge in [0.15, 0.2) is 0 Å². The standard InChI is InChI=1S/C16H19N5O/c1-5-12(3)19-21-20-14-7-6-11(2)8-13(14)15-9-16(22-4)18-10-17-15/h5-10H,1-4H3,(H,19,20)/b12-5-. The minimum Gasteiger partial charge on any atom is -0.481 e. The van der Waals surface area contributed by atoms with Crippen LogP contribution in [0, 0.1) is 6.92 Å². The van der Waals surface area contributed by atoms with E-state index in [9.17, 15) is 0 Å². The average molecular weight is 297 g/mol. The number of nitrogens with zero attached hydrogens (tertiary/aromatic N) is 4. The molecule has 0 bridgehead atoms. The molecule has 0 saturated heterocycles. The molecular weight excluding hydrogens is 278 g/mol. The molecule has 0 aliphatic carbocycles. The number of ether oxygens (including phenoxy) is 1. The zero-order valence-electron chi connectivity index (χ0n) is 13.2. The lowest BCUT2D eigenvalue weighted by molar-refractivity contribution is 0.397. The number of hydrogen-bond acceptors (Lipinski definition) is 5. The predicted octanol–water partition coefficient (Wildman–Crippen LogP) is 3.97. The number of methoxy groups -OCH3 is 1. The molecule has 0 radical (unpaired) electrons. The Labute approximate surface area is 130 Å². The maximum absolute atomic E-state index is 5.15. The minimum atomic E-state index is 0.511. The van der Waals surface area contributed by atoms with Crippen LogP contribution in [-0.2, 0) is 0 Å². The summed E-state index contributed by atoms with van der Waals surface area (Å²) in [7, 11) is 1.58. The smallest absolute Gasteiger partial charge is 0.216 e. The highest BCUT2D eigenvalue weighted by Crippen LogP contribution is 2.31. The molecule has 0 spiro atoms. The average Bonchev–Trinajstić information content (AvgIpc) is 2.56. The van der Waals surface area contributed by atoms with E-state index in [2.05, 4.69) is 25.7 Å². The van der Waals surface area contributed by atoms with Crippen molar-refractivity contribution in [3.8, 4) is 17.1 Å². The normalized spacial score (nSPS) is 11.7. The fourth-order valence-corrected chi connectivity index (χ4v) is 1.76. The highest BCUT2D eigenvalue weighted by atomic mass is 16.5. The van der Waals surface area contributed by atoms with Gasteiger partial charge in [-0.05, 0) is 32.9 Å². The summed E-state index contributed by atoms with van der Waals surface area (Å²) in [5.41, 5.74) is 7.25. The summed E-state index contributed by atoms with van der Waals surface area (Å²) in [4.78, 5) is 8.32. The zero-order chi connectivity index (χ0) is 15.9. The maximum Gasteiger partial charge on any atom is 0.216 e. The zero-order valence-corrected chi connectivity index (χ0v) is 13.2. The molecule has 6 nitrogen and oxygen atoms in total. The van der Waals surface area contributed by atoms with Crippen molar-refractivity contribution in [1.29, 1.82) is 0 Å². The number of rotatable bonds is 5. The molecule has 1 aromatic carbocycles. The van der Waals surface area contributed by atoms with Gasteiger partial charge in [0.1, 0.15) is 6.33 Å². The van der Waals surface area contributed by atoms with Crippen molar-refractivity contribution in [2.45, 2.75) is 20.8 Å². The van der Waals surface area contributed by atoms with Crippen molar-refractivity contribution in [1.82, 2.24) is 15.4 Å². The summed E-state index contributed by atoms with van der Waals surface area (Å²) < 4.78 is 5.15. The van der Waals surface area contributed by atoms with Crippen molar-refractivity contribution < 1.29 is 4.74 Å². The number of hydrogen-bond donors (Lipinski definition) is 1. The summed E-state index contributed by atoms with van der Waals surface area (Å²) in [5.74, 6) is 0.511.